The quantitative estimate of drug-likeness (QED) is 0.644. The summed E-state index contributed by atoms with van der Waals surface area (Å²) in [6.07, 6.45) is 4.12. The third-order valence-electron chi connectivity index (χ3n) is 4.25. The van der Waals surface area contributed by atoms with Gasteiger partial charge in [0.25, 0.3) is 0 Å². The van der Waals surface area contributed by atoms with E-state index in [0.717, 1.165) is 37.2 Å². The summed E-state index contributed by atoms with van der Waals surface area (Å²) < 4.78 is 11.3. The number of rotatable bonds is 8. The van der Waals surface area contributed by atoms with Crippen molar-refractivity contribution in [2.24, 2.45) is 0 Å². The van der Waals surface area contributed by atoms with E-state index in [2.05, 4.69) is 52.0 Å². The minimum absolute atomic E-state index is 0.819. The highest BCUT2D eigenvalue weighted by Crippen LogP contribution is 2.21. The second kappa shape index (κ2) is 8.66. The second-order valence-corrected chi connectivity index (χ2v) is 5.61. The molecule has 0 aliphatic heterocycles. The molecule has 2 nitrogen and oxygen atoms in total. The fourth-order valence-corrected chi connectivity index (χ4v) is 2.83. The third kappa shape index (κ3) is 4.54. The Kier molecular flexibility index (Phi) is 6.58. The summed E-state index contributed by atoms with van der Waals surface area (Å²) >= 11 is 0. The zero-order valence-corrected chi connectivity index (χ0v) is 14.7. The first-order valence-electron chi connectivity index (χ1n) is 8.60. The molecule has 2 aromatic carbocycles. The Hall–Kier alpha value is -1.90. The summed E-state index contributed by atoms with van der Waals surface area (Å²) in [7, 11) is 1.42. The Morgan fingerprint density at radius 3 is 1.35 bits per heavy atom. The van der Waals surface area contributed by atoms with E-state index < -0.39 is 0 Å². The van der Waals surface area contributed by atoms with Gasteiger partial charge in [0.05, 0.1) is 0 Å². The Morgan fingerprint density at radius 2 is 1.00 bits per heavy atom. The lowest BCUT2D eigenvalue weighted by Crippen LogP contribution is -2.11. The van der Waals surface area contributed by atoms with Crippen LogP contribution in [0.2, 0.25) is 0 Å². The molecule has 0 bridgehead atoms. The zero-order chi connectivity index (χ0) is 16.7. The molecule has 0 N–H and O–H groups in total. The fraction of sp³-hybridized carbons (Fsp3) is 0.400. The van der Waals surface area contributed by atoms with Crippen LogP contribution in [0.3, 0.4) is 0 Å². The molecule has 0 aromatic heterocycles. The van der Waals surface area contributed by atoms with Gasteiger partial charge in [-0.05, 0) is 72.2 Å². The van der Waals surface area contributed by atoms with E-state index in [1.165, 1.54) is 29.9 Å². The van der Waals surface area contributed by atoms with Crippen molar-refractivity contribution < 1.29 is 9.31 Å². The molecule has 0 aliphatic rings. The third-order valence-corrected chi connectivity index (χ3v) is 4.25. The molecule has 0 aliphatic carbocycles. The molecule has 0 heterocycles. The maximum absolute atomic E-state index is 5.63. The zero-order valence-electron chi connectivity index (χ0n) is 14.7. The summed E-state index contributed by atoms with van der Waals surface area (Å²) in [6.45, 7) is 8.69. The Bertz CT molecular complexity index is 582. The normalized spacial score (nSPS) is 10.4. The van der Waals surface area contributed by atoms with Crippen LogP contribution in [0.15, 0.2) is 36.4 Å². The average molecular weight is 309 g/mol. The first-order valence-corrected chi connectivity index (χ1v) is 8.60. The van der Waals surface area contributed by atoms with Crippen molar-refractivity contribution in [3.05, 3.63) is 58.7 Å². The molecule has 121 valence electrons. The van der Waals surface area contributed by atoms with E-state index in [0.29, 0.717) is 0 Å². The van der Waals surface area contributed by atoms with Crippen LogP contribution in [-0.2, 0) is 25.7 Å². The van der Waals surface area contributed by atoms with Crippen LogP contribution < -0.4 is 9.31 Å². The van der Waals surface area contributed by atoms with Crippen LogP contribution >= 0.6 is 0 Å². The number of hydrogen-bond acceptors (Lipinski definition) is 2. The van der Waals surface area contributed by atoms with Gasteiger partial charge >= 0.3 is 7.69 Å². The first-order chi connectivity index (χ1) is 11.2. The van der Waals surface area contributed by atoms with Crippen LogP contribution in [0, 0.1) is 0 Å². The molecule has 0 amide bonds. The van der Waals surface area contributed by atoms with Crippen LogP contribution in [-0.4, -0.2) is 7.69 Å². The van der Waals surface area contributed by atoms with Crippen molar-refractivity contribution in [2.75, 3.05) is 0 Å². The Labute approximate surface area is 141 Å². The first kappa shape index (κ1) is 17.5. The summed E-state index contributed by atoms with van der Waals surface area (Å²) in [6, 6.07) is 12.4. The lowest BCUT2D eigenvalue weighted by atomic mass is 10.0. The van der Waals surface area contributed by atoms with Gasteiger partial charge in [0.1, 0.15) is 11.5 Å². The smallest absolute Gasteiger partial charge is 0.526 e. The molecule has 0 fully saturated rings. The van der Waals surface area contributed by atoms with Gasteiger partial charge in [-0.1, -0.05) is 39.8 Å². The number of benzene rings is 2. The molecule has 1 radical (unpaired) electrons. The lowest BCUT2D eigenvalue weighted by Gasteiger charge is -2.12. The maximum Gasteiger partial charge on any atom is 0.658 e. The molecule has 0 unspecified atom stereocenters. The molecular weight excluding hydrogens is 283 g/mol. The van der Waals surface area contributed by atoms with E-state index in [-0.39, 0.29) is 0 Å². The minimum atomic E-state index is 0.819. The van der Waals surface area contributed by atoms with Crippen LogP contribution in [0.5, 0.6) is 11.5 Å². The van der Waals surface area contributed by atoms with Gasteiger partial charge in [0.2, 0.25) is 0 Å². The molecular formula is C20H26BO2. The monoisotopic (exact) mass is 309 g/mol. The predicted octanol–water partition coefficient (Wildman–Crippen LogP) is 4.93. The lowest BCUT2D eigenvalue weighted by molar-refractivity contribution is 0.458. The highest BCUT2D eigenvalue weighted by atomic mass is 16.6. The molecule has 0 atom stereocenters. The summed E-state index contributed by atoms with van der Waals surface area (Å²) in [5.41, 5.74) is 5.42. The van der Waals surface area contributed by atoms with Crippen molar-refractivity contribution in [2.45, 2.75) is 53.4 Å². The van der Waals surface area contributed by atoms with Gasteiger partial charge in [-0.2, -0.15) is 0 Å². The predicted molar refractivity (Wildman–Crippen MR) is 97.4 cm³/mol. The van der Waals surface area contributed by atoms with E-state index in [9.17, 15) is 0 Å². The summed E-state index contributed by atoms with van der Waals surface area (Å²) in [5, 5.41) is 0. The van der Waals surface area contributed by atoms with E-state index in [1.807, 2.05) is 12.1 Å². The number of hydrogen-bond donors (Lipinski definition) is 0. The van der Waals surface area contributed by atoms with E-state index >= 15 is 0 Å². The highest BCUT2D eigenvalue weighted by molar-refractivity contribution is 6.20. The standard InChI is InChI=1S/C20H26BO2/c1-5-15-9-11-19(13-17(15)7-3)22-21-23-20-12-10-16(6-2)18(8-4)14-20/h9-14H,5-8H2,1-4H3. The minimum Gasteiger partial charge on any atom is -0.526 e. The molecule has 0 saturated carbocycles. The van der Waals surface area contributed by atoms with Crippen LogP contribution in [0.25, 0.3) is 0 Å². The number of aryl methyl sites for hydroxylation is 4. The fourth-order valence-electron chi connectivity index (χ4n) is 2.83. The molecule has 0 saturated heterocycles. The van der Waals surface area contributed by atoms with Crippen molar-refractivity contribution >= 4 is 7.69 Å². The maximum atomic E-state index is 5.63. The van der Waals surface area contributed by atoms with Gasteiger partial charge in [-0.3, -0.25) is 0 Å². The Morgan fingerprint density at radius 1 is 0.609 bits per heavy atom. The van der Waals surface area contributed by atoms with E-state index in [1.54, 1.807) is 0 Å². The molecule has 0 spiro atoms. The van der Waals surface area contributed by atoms with Gasteiger partial charge in [-0.25, -0.2) is 0 Å². The molecule has 3 heteroatoms. The molecule has 2 aromatic rings. The van der Waals surface area contributed by atoms with Crippen molar-refractivity contribution in [3.8, 4) is 11.5 Å². The molecule has 23 heavy (non-hydrogen) atoms. The van der Waals surface area contributed by atoms with Crippen molar-refractivity contribution in [1.82, 2.24) is 0 Å². The second-order valence-electron chi connectivity index (χ2n) is 5.61. The van der Waals surface area contributed by atoms with Gasteiger partial charge in [0.15, 0.2) is 0 Å². The van der Waals surface area contributed by atoms with E-state index in [4.69, 9.17) is 9.31 Å². The van der Waals surface area contributed by atoms with Crippen molar-refractivity contribution in [1.29, 1.82) is 0 Å². The highest BCUT2D eigenvalue weighted by Gasteiger charge is 2.07. The van der Waals surface area contributed by atoms with Gasteiger partial charge < -0.3 is 9.31 Å². The van der Waals surface area contributed by atoms with Crippen LogP contribution in [0.4, 0.5) is 0 Å². The largest absolute Gasteiger partial charge is 0.658 e. The topological polar surface area (TPSA) is 18.5 Å². The average Bonchev–Trinajstić information content (AvgIpc) is 2.61. The van der Waals surface area contributed by atoms with Crippen molar-refractivity contribution in [3.63, 3.8) is 0 Å². The van der Waals surface area contributed by atoms with Crippen LogP contribution in [0.1, 0.15) is 49.9 Å². The van der Waals surface area contributed by atoms with Gasteiger partial charge in [0, 0.05) is 0 Å². The van der Waals surface area contributed by atoms with Gasteiger partial charge in [-0.15, -0.1) is 0 Å². The SMILES string of the molecule is CCc1ccc(O[B]Oc2ccc(CC)c(CC)c2)cc1CC. The summed E-state index contributed by atoms with van der Waals surface area (Å²) in [5.74, 6) is 1.64. The summed E-state index contributed by atoms with van der Waals surface area (Å²) in [4.78, 5) is 0. The Balaban J connectivity index is 1.97. The molecule has 2 rings (SSSR count).